The van der Waals surface area contributed by atoms with Gasteiger partial charge in [-0.25, -0.2) is 9.59 Å². The number of carbonyl (C=O) groups is 2. The zero-order valence-electron chi connectivity index (χ0n) is 15.2. The van der Waals surface area contributed by atoms with Gasteiger partial charge in [-0.3, -0.25) is 9.89 Å². The molecule has 0 saturated carbocycles. The Morgan fingerprint density at radius 3 is 1.92 bits per heavy atom. The van der Waals surface area contributed by atoms with Crippen LogP contribution in [0.3, 0.4) is 0 Å². The molecular formula is C17H30N2NaO4. The van der Waals surface area contributed by atoms with Gasteiger partial charge in [-0.2, -0.15) is 0 Å². The predicted molar refractivity (Wildman–Crippen MR) is 95.8 cm³/mol. The Labute approximate surface area is 167 Å². The number of nitrogens with zero attached hydrogens (tertiary/aromatic N) is 2. The van der Waals surface area contributed by atoms with Crippen LogP contribution in [0, 0.1) is 0 Å². The molecule has 133 valence electrons. The van der Waals surface area contributed by atoms with Crippen molar-refractivity contribution in [2.45, 2.75) is 83.6 Å². The third-order valence-electron chi connectivity index (χ3n) is 4.27. The topological polar surface area (TPSA) is 90.2 Å². The number of amidine groups is 1. The average Bonchev–Trinajstić information content (AvgIpc) is 2.94. The molecule has 1 aliphatic rings. The number of carboxylic acids is 1. The first kappa shape index (κ1) is 23.4. The molecule has 0 aromatic rings. The van der Waals surface area contributed by atoms with Crippen molar-refractivity contribution < 1.29 is 19.8 Å². The number of unbranched alkanes of at least 4 members (excludes halogenated alkanes) is 9. The molecule has 1 rings (SSSR count). The Morgan fingerprint density at radius 2 is 1.50 bits per heavy atom. The van der Waals surface area contributed by atoms with Gasteiger partial charge in [0.05, 0.1) is 12.6 Å². The quantitative estimate of drug-likeness (QED) is 0.414. The van der Waals surface area contributed by atoms with Gasteiger partial charge in [0.1, 0.15) is 0 Å². The number of carboxylic acid groups (broad SMARTS) is 2. The second-order valence-electron chi connectivity index (χ2n) is 6.28. The first-order chi connectivity index (χ1) is 11.1. The number of hydrogen-bond acceptors (Lipinski definition) is 3. The molecule has 1 aliphatic heterocycles. The summed E-state index contributed by atoms with van der Waals surface area (Å²) in [5.74, 6) is -1.60. The molecular weight excluding hydrogens is 319 g/mol. The Kier molecular flexibility index (Phi) is 13.3. The molecule has 1 radical (unpaired) electrons. The van der Waals surface area contributed by atoms with Crippen LogP contribution >= 0.6 is 0 Å². The van der Waals surface area contributed by atoms with Crippen molar-refractivity contribution in [2.24, 2.45) is 4.99 Å². The van der Waals surface area contributed by atoms with Crippen molar-refractivity contribution in [2.75, 3.05) is 6.54 Å². The summed E-state index contributed by atoms with van der Waals surface area (Å²) in [5.41, 5.74) is 0. The Bertz CT molecular complexity index is 415. The van der Waals surface area contributed by atoms with Crippen LogP contribution in [0.5, 0.6) is 0 Å². The van der Waals surface area contributed by atoms with Crippen molar-refractivity contribution in [3.63, 3.8) is 0 Å². The van der Waals surface area contributed by atoms with Crippen LogP contribution in [0.2, 0.25) is 0 Å². The molecule has 0 aromatic carbocycles. The Hall–Kier alpha value is -0.590. The largest absolute Gasteiger partial charge is 0.475 e. The van der Waals surface area contributed by atoms with E-state index < -0.39 is 12.1 Å². The second-order valence-corrected chi connectivity index (χ2v) is 6.28. The molecule has 2 N–H and O–H groups in total. The van der Waals surface area contributed by atoms with E-state index in [4.69, 9.17) is 10.2 Å². The molecule has 1 amide bonds. The minimum atomic E-state index is -1.27. The predicted octanol–water partition coefficient (Wildman–Crippen LogP) is 3.76. The van der Waals surface area contributed by atoms with Gasteiger partial charge in [0.25, 0.3) is 0 Å². The molecule has 24 heavy (non-hydrogen) atoms. The molecule has 0 saturated heterocycles. The van der Waals surface area contributed by atoms with E-state index in [0.29, 0.717) is 0 Å². The molecule has 0 bridgehead atoms. The van der Waals surface area contributed by atoms with Gasteiger partial charge in [-0.15, -0.1) is 0 Å². The van der Waals surface area contributed by atoms with Crippen molar-refractivity contribution in [3.8, 4) is 0 Å². The third-order valence-corrected chi connectivity index (χ3v) is 4.27. The second kappa shape index (κ2) is 13.7. The summed E-state index contributed by atoms with van der Waals surface area (Å²) < 4.78 is 0. The van der Waals surface area contributed by atoms with E-state index in [2.05, 4.69) is 11.9 Å². The summed E-state index contributed by atoms with van der Waals surface area (Å²) in [5, 5.41) is 17.9. The minimum Gasteiger partial charge on any atom is -0.475 e. The number of aliphatic imine (C=N–C) groups is 1. The van der Waals surface area contributed by atoms with Crippen LogP contribution in [0.15, 0.2) is 4.99 Å². The normalized spacial score (nSPS) is 16.6. The van der Waals surface area contributed by atoms with Crippen LogP contribution in [0.25, 0.3) is 0 Å². The zero-order chi connectivity index (χ0) is 17.1. The Morgan fingerprint density at radius 1 is 1.00 bits per heavy atom. The molecule has 1 unspecified atom stereocenters. The summed E-state index contributed by atoms with van der Waals surface area (Å²) in [7, 11) is 0. The summed E-state index contributed by atoms with van der Waals surface area (Å²) in [4.78, 5) is 26.8. The molecule has 0 aliphatic carbocycles. The number of amides is 1. The minimum absolute atomic E-state index is 0. The summed E-state index contributed by atoms with van der Waals surface area (Å²) in [6.45, 7) is 2.40. The molecule has 7 heteroatoms. The van der Waals surface area contributed by atoms with Gasteiger partial charge < -0.3 is 10.2 Å². The van der Waals surface area contributed by atoms with Gasteiger partial charge in [-0.1, -0.05) is 71.1 Å². The van der Waals surface area contributed by atoms with Crippen molar-refractivity contribution in [1.82, 2.24) is 4.90 Å². The summed E-state index contributed by atoms with van der Waals surface area (Å²) >= 11 is 0. The number of rotatable bonds is 12. The fourth-order valence-corrected chi connectivity index (χ4v) is 2.94. The average molecular weight is 349 g/mol. The van der Waals surface area contributed by atoms with E-state index in [0.717, 1.165) is 24.2 Å². The van der Waals surface area contributed by atoms with E-state index in [1.807, 2.05) is 0 Å². The standard InChI is InChI=1S/C17H30N2O4.Na/c1-2-3-4-5-6-7-8-9-10-11-12-14-13-19(17(22)23)15(18-14)16(20)21;/h14H,2-13H2,1H3,(H,20,21)(H,22,23);. The summed E-state index contributed by atoms with van der Waals surface area (Å²) in [6.07, 6.45) is 12.0. The van der Waals surface area contributed by atoms with Gasteiger partial charge >= 0.3 is 12.1 Å². The monoisotopic (exact) mass is 349 g/mol. The maximum absolute atomic E-state index is 11.0. The van der Waals surface area contributed by atoms with Crippen LogP contribution in [0.1, 0.15) is 77.6 Å². The van der Waals surface area contributed by atoms with Crippen molar-refractivity contribution in [1.29, 1.82) is 0 Å². The maximum Gasteiger partial charge on any atom is 0.413 e. The van der Waals surface area contributed by atoms with Crippen molar-refractivity contribution in [3.05, 3.63) is 0 Å². The third kappa shape index (κ3) is 9.04. The van der Waals surface area contributed by atoms with Gasteiger partial charge in [0.2, 0.25) is 5.84 Å². The Balaban J connectivity index is 0.00000529. The van der Waals surface area contributed by atoms with Gasteiger partial charge in [0, 0.05) is 29.6 Å². The molecule has 0 aromatic heterocycles. The summed E-state index contributed by atoms with van der Waals surface area (Å²) in [6, 6.07) is -0.203. The SMILES string of the molecule is CCCCCCCCCCCCC1CN(C(=O)O)C(C(=O)O)=N1.[Na]. The molecule has 0 spiro atoms. The van der Waals surface area contributed by atoms with E-state index >= 15 is 0 Å². The smallest absolute Gasteiger partial charge is 0.413 e. The van der Waals surface area contributed by atoms with Crippen LogP contribution in [-0.2, 0) is 4.79 Å². The molecule has 0 fully saturated rings. The number of hydrogen-bond donors (Lipinski definition) is 2. The fourth-order valence-electron chi connectivity index (χ4n) is 2.94. The van der Waals surface area contributed by atoms with Gasteiger partial charge in [0.15, 0.2) is 0 Å². The van der Waals surface area contributed by atoms with E-state index in [9.17, 15) is 9.59 Å². The molecule has 1 heterocycles. The van der Waals surface area contributed by atoms with E-state index in [-0.39, 0.29) is 48.0 Å². The van der Waals surface area contributed by atoms with Crippen LogP contribution in [-0.4, -0.2) is 75.2 Å². The molecule has 6 nitrogen and oxygen atoms in total. The van der Waals surface area contributed by atoms with Crippen molar-refractivity contribution >= 4 is 47.5 Å². The van der Waals surface area contributed by atoms with Gasteiger partial charge in [-0.05, 0) is 6.42 Å². The number of aliphatic carboxylic acids is 1. The van der Waals surface area contributed by atoms with E-state index in [1.54, 1.807) is 0 Å². The van der Waals surface area contributed by atoms with E-state index in [1.165, 1.54) is 51.4 Å². The van der Waals surface area contributed by atoms with Crippen LogP contribution < -0.4 is 0 Å². The first-order valence-electron chi connectivity index (χ1n) is 8.87. The fraction of sp³-hybridized carbons (Fsp3) is 0.824. The zero-order valence-corrected chi connectivity index (χ0v) is 17.2. The molecule has 1 atom stereocenters. The van der Waals surface area contributed by atoms with Crippen LogP contribution in [0.4, 0.5) is 4.79 Å². The first-order valence-corrected chi connectivity index (χ1v) is 8.87. The maximum atomic E-state index is 11.0.